The first-order valence-electron chi connectivity index (χ1n) is 9.22. The summed E-state index contributed by atoms with van der Waals surface area (Å²) in [4.78, 5) is 9.79. The summed E-state index contributed by atoms with van der Waals surface area (Å²) in [6.07, 6.45) is 2.71. The summed E-state index contributed by atoms with van der Waals surface area (Å²) < 4.78 is 0. The Morgan fingerprint density at radius 2 is 2.00 bits per heavy atom. The number of halogens is 1. The van der Waals surface area contributed by atoms with Gasteiger partial charge in [-0.15, -0.1) is 24.0 Å². The minimum atomic E-state index is 0. The van der Waals surface area contributed by atoms with E-state index in [1.807, 2.05) is 0 Å². The predicted molar refractivity (Wildman–Crippen MR) is 118 cm³/mol. The van der Waals surface area contributed by atoms with Crippen LogP contribution in [0, 0.1) is 5.92 Å². The van der Waals surface area contributed by atoms with Gasteiger partial charge in [0.05, 0.1) is 0 Å². The number of likely N-dealkylation sites (N-methyl/N-ethyl adjacent to an activating group) is 1. The first kappa shape index (κ1) is 22.3. The third kappa shape index (κ3) is 8.58. The highest BCUT2D eigenvalue weighted by molar-refractivity contribution is 14.0. The van der Waals surface area contributed by atoms with E-state index in [4.69, 9.17) is 4.99 Å². The van der Waals surface area contributed by atoms with Gasteiger partial charge in [0.25, 0.3) is 0 Å². The summed E-state index contributed by atoms with van der Waals surface area (Å²) in [5, 5.41) is 7.67. The van der Waals surface area contributed by atoms with Crippen LogP contribution >= 0.6 is 35.7 Å². The molecule has 0 bridgehead atoms. The maximum atomic E-state index is 4.80. The van der Waals surface area contributed by atoms with E-state index in [1.165, 1.54) is 44.8 Å². The van der Waals surface area contributed by atoms with Crippen molar-refractivity contribution in [3.8, 4) is 0 Å². The summed E-state index contributed by atoms with van der Waals surface area (Å²) in [6, 6.07) is 0. The molecule has 0 radical (unpaired) electrons. The Balaban J connectivity index is 0.00000288. The molecule has 0 aromatic heterocycles. The summed E-state index contributed by atoms with van der Waals surface area (Å²) in [7, 11) is 2.21. The number of nitrogens with zero attached hydrogens (tertiary/aromatic N) is 3. The lowest BCUT2D eigenvalue weighted by Gasteiger charge is -2.33. The van der Waals surface area contributed by atoms with Gasteiger partial charge in [0, 0.05) is 57.6 Å². The van der Waals surface area contributed by atoms with Crippen LogP contribution in [0.3, 0.4) is 0 Å². The van der Waals surface area contributed by atoms with Crippen LogP contribution in [0.15, 0.2) is 4.99 Å². The molecule has 0 saturated carbocycles. The molecule has 2 saturated heterocycles. The van der Waals surface area contributed by atoms with E-state index in [-0.39, 0.29) is 24.0 Å². The minimum Gasteiger partial charge on any atom is -0.357 e. The highest BCUT2D eigenvalue weighted by Gasteiger charge is 2.17. The second-order valence-electron chi connectivity index (χ2n) is 6.94. The Morgan fingerprint density at radius 1 is 1.25 bits per heavy atom. The molecule has 2 aliphatic heterocycles. The van der Waals surface area contributed by atoms with E-state index in [9.17, 15) is 0 Å². The Kier molecular flexibility index (Phi) is 11.7. The first-order valence-corrected chi connectivity index (χ1v) is 10.3. The van der Waals surface area contributed by atoms with E-state index < -0.39 is 0 Å². The normalized spacial score (nSPS) is 24.5. The zero-order chi connectivity index (χ0) is 16.5. The Morgan fingerprint density at radius 3 is 2.62 bits per heavy atom. The molecule has 0 amide bonds. The maximum Gasteiger partial charge on any atom is 0.191 e. The number of hydrogen-bond donors (Lipinski definition) is 2. The molecule has 2 rings (SSSR count). The third-order valence-corrected chi connectivity index (χ3v) is 5.99. The molecular formula is C17H36IN5S. The zero-order valence-electron chi connectivity index (χ0n) is 15.6. The van der Waals surface area contributed by atoms with Crippen molar-refractivity contribution in [2.24, 2.45) is 10.9 Å². The monoisotopic (exact) mass is 469 g/mol. The molecule has 0 aromatic carbocycles. The maximum absolute atomic E-state index is 4.80. The van der Waals surface area contributed by atoms with E-state index in [0.717, 1.165) is 37.4 Å². The van der Waals surface area contributed by atoms with Crippen molar-refractivity contribution in [2.75, 3.05) is 65.2 Å². The van der Waals surface area contributed by atoms with Gasteiger partial charge in [-0.2, -0.15) is 11.8 Å². The lowest BCUT2D eigenvalue weighted by molar-refractivity contribution is 0.140. The molecule has 0 aliphatic carbocycles. The Hall–Kier alpha value is 0.270. The van der Waals surface area contributed by atoms with E-state index >= 15 is 0 Å². The molecule has 24 heavy (non-hydrogen) atoms. The van der Waals surface area contributed by atoms with Gasteiger partial charge in [0.15, 0.2) is 5.96 Å². The molecule has 2 unspecified atom stereocenters. The molecule has 2 atom stereocenters. The number of nitrogens with one attached hydrogen (secondary N) is 2. The lowest BCUT2D eigenvalue weighted by atomic mass is 10.1. The van der Waals surface area contributed by atoms with Crippen LogP contribution < -0.4 is 10.6 Å². The van der Waals surface area contributed by atoms with Gasteiger partial charge >= 0.3 is 0 Å². The highest BCUT2D eigenvalue weighted by atomic mass is 127. The van der Waals surface area contributed by atoms with Crippen molar-refractivity contribution >= 4 is 41.7 Å². The van der Waals surface area contributed by atoms with E-state index in [2.05, 4.69) is 53.1 Å². The first-order chi connectivity index (χ1) is 11.2. The van der Waals surface area contributed by atoms with Crippen molar-refractivity contribution in [2.45, 2.75) is 31.9 Å². The molecule has 2 fully saturated rings. The summed E-state index contributed by atoms with van der Waals surface area (Å²) in [5.41, 5.74) is 0. The van der Waals surface area contributed by atoms with E-state index in [0.29, 0.717) is 5.92 Å². The zero-order valence-corrected chi connectivity index (χ0v) is 18.7. The van der Waals surface area contributed by atoms with Crippen LogP contribution in [-0.2, 0) is 0 Å². The number of guanidine groups is 1. The van der Waals surface area contributed by atoms with Crippen LogP contribution in [0.1, 0.15) is 26.7 Å². The third-order valence-electron chi connectivity index (χ3n) is 4.59. The number of piperazine rings is 1. The van der Waals surface area contributed by atoms with Crippen LogP contribution in [0.4, 0.5) is 0 Å². The van der Waals surface area contributed by atoms with Gasteiger partial charge in [0.2, 0.25) is 0 Å². The van der Waals surface area contributed by atoms with Crippen molar-refractivity contribution in [3.05, 3.63) is 0 Å². The SMILES string of the molecule is CCNC(=NCC(C)CN1CCN(C)CC1)NCC1CCCS1.I. The van der Waals surface area contributed by atoms with Gasteiger partial charge < -0.3 is 20.4 Å². The van der Waals surface area contributed by atoms with E-state index in [1.54, 1.807) is 0 Å². The second kappa shape index (κ2) is 12.6. The second-order valence-corrected chi connectivity index (χ2v) is 8.35. The molecule has 2 N–H and O–H groups in total. The molecular weight excluding hydrogens is 433 g/mol. The predicted octanol–water partition coefficient (Wildman–Crippen LogP) is 1.94. The number of hydrogen-bond acceptors (Lipinski definition) is 4. The van der Waals surface area contributed by atoms with Crippen molar-refractivity contribution in [1.82, 2.24) is 20.4 Å². The molecule has 2 heterocycles. The molecule has 0 spiro atoms. The fraction of sp³-hybridized carbons (Fsp3) is 0.941. The average molecular weight is 469 g/mol. The van der Waals surface area contributed by atoms with Gasteiger partial charge in [-0.05, 0) is 38.5 Å². The lowest BCUT2D eigenvalue weighted by Crippen LogP contribution is -2.46. The topological polar surface area (TPSA) is 42.9 Å². The summed E-state index contributed by atoms with van der Waals surface area (Å²) in [5.74, 6) is 2.92. The quantitative estimate of drug-likeness (QED) is 0.339. The fourth-order valence-electron chi connectivity index (χ4n) is 3.13. The minimum absolute atomic E-state index is 0. The number of rotatable bonds is 7. The smallest absolute Gasteiger partial charge is 0.191 e. The van der Waals surface area contributed by atoms with Gasteiger partial charge in [-0.3, -0.25) is 4.99 Å². The van der Waals surface area contributed by atoms with Gasteiger partial charge in [-0.1, -0.05) is 6.92 Å². The highest BCUT2D eigenvalue weighted by Crippen LogP contribution is 2.25. The summed E-state index contributed by atoms with van der Waals surface area (Å²) >= 11 is 2.09. The number of aliphatic imine (C=N–C) groups is 1. The molecule has 5 nitrogen and oxygen atoms in total. The molecule has 2 aliphatic rings. The summed E-state index contributed by atoms with van der Waals surface area (Å²) in [6.45, 7) is 13.3. The Labute approximate surface area is 169 Å². The molecule has 7 heteroatoms. The molecule has 142 valence electrons. The van der Waals surface area contributed by atoms with Crippen LogP contribution in [0.25, 0.3) is 0 Å². The van der Waals surface area contributed by atoms with Crippen LogP contribution in [0.5, 0.6) is 0 Å². The van der Waals surface area contributed by atoms with Crippen LogP contribution in [-0.4, -0.2) is 86.2 Å². The standard InChI is InChI=1S/C17H35N5S.HI/c1-4-18-17(20-13-16-6-5-11-23-16)19-12-15(2)14-22-9-7-21(3)8-10-22;/h15-16H,4-14H2,1-3H3,(H2,18,19,20);1H. The van der Waals surface area contributed by atoms with Crippen molar-refractivity contribution < 1.29 is 0 Å². The van der Waals surface area contributed by atoms with Gasteiger partial charge in [0.1, 0.15) is 0 Å². The van der Waals surface area contributed by atoms with Crippen LogP contribution in [0.2, 0.25) is 0 Å². The van der Waals surface area contributed by atoms with Crippen molar-refractivity contribution in [1.29, 1.82) is 0 Å². The average Bonchev–Trinajstić information content (AvgIpc) is 3.06. The largest absolute Gasteiger partial charge is 0.357 e. The molecule has 0 aromatic rings. The Bertz CT molecular complexity index is 355. The van der Waals surface area contributed by atoms with Gasteiger partial charge in [-0.25, -0.2) is 0 Å². The fourth-order valence-corrected chi connectivity index (χ4v) is 4.33. The number of thioether (sulfide) groups is 1. The van der Waals surface area contributed by atoms with Crippen molar-refractivity contribution in [3.63, 3.8) is 0 Å².